The quantitative estimate of drug-likeness (QED) is 0.676. The van der Waals surface area contributed by atoms with Crippen LogP contribution in [0.1, 0.15) is 13.8 Å². The first-order chi connectivity index (χ1) is 11.1. The van der Waals surface area contributed by atoms with Gasteiger partial charge >= 0.3 is 5.97 Å². The van der Waals surface area contributed by atoms with Gasteiger partial charge in [-0.25, -0.2) is 4.79 Å². The Balaban J connectivity index is 2.11. The van der Waals surface area contributed by atoms with Crippen molar-refractivity contribution in [2.24, 2.45) is 0 Å². The van der Waals surface area contributed by atoms with Crippen molar-refractivity contribution in [3.63, 3.8) is 0 Å². The van der Waals surface area contributed by atoms with Gasteiger partial charge in [0, 0.05) is 6.92 Å². The Bertz CT molecular complexity index is 725. The summed E-state index contributed by atoms with van der Waals surface area (Å²) in [5, 5.41) is 9.29. The van der Waals surface area contributed by atoms with E-state index < -0.39 is 12.1 Å². The summed E-state index contributed by atoms with van der Waals surface area (Å²) in [4.78, 5) is 11.7. The standard InChI is InChI=1S/C18H16O5/c1-3-12-21-18(20)13(2)22-16-6-4-5-7-17(16)23-15-10-8-14(19)9-11-15/h4-11,13,19H,1-2H3/t13-/m1/s1. The molecule has 0 radical (unpaired) electrons. The zero-order valence-corrected chi connectivity index (χ0v) is 12.8. The SMILES string of the molecule is CC#COC(=O)[C@@H](C)Oc1ccccc1Oc1ccc(O)cc1. The summed E-state index contributed by atoms with van der Waals surface area (Å²) in [5.41, 5.74) is 0. The molecule has 0 heterocycles. The number of benzene rings is 2. The van der Waals surface area contributed by atoms with Gasteiger partial charge in [0.05, 0.1) is 0 Å². The van der Waals surface area contributed by atoms with Crippen LogP contribution in [0.5, 0.6) is 23.0 Å². The Hall–Kier alpha value is -3.13. The summed E-state index contributed by atoms with van der Waals surface area (Å²) in [6.45, 7) is 3.14. The van der Waals surface area contributed by atoms with Crippen LogP contribution in [0.15, 0.2) is 48.5 Å². The van der Waals surface area contributed by atoms with E-state index in [9.17, 15) is 9.90 Å². The maximum Gasteiger partial charge on any atom is 0.360 e. The van der Waals surface area contributed by atoms with Crippen LogP contribution in [-0.4, -0.2) is 17.2 Å². The van der Waals surface area contributed by atoms with E-state index in [1.54, 1.807) is 50.2 Å². The van der Waals surface area contributed by atoms with E-state index in [0.717, 1.165) is 0 Å². The Morgan fingerprint density at radius 3 is 2.39 bits per heavy atom. The monoisotopic (exact) mass is 312 g/mol. The van der Waals surface area contributed by atoms with Crippen molar-refractivity contribution < 1.29 is 24.1 Å². The number of rotatable bonds is 5. The number of carbonyl (C=O) groups excluding carboxylic acids is 1. The largest absolute Gasteiger partial charge is 0.508 e. The van der Waals surface area contributed by atoms with Crippen LogP contribution in [-0.2, 0) is 9.53 Å². The van der Waals surface area contributed by atoms with Gasteiger partial charge in [0.2, 0.25) is 0 Å². The minimum Gasteiger partial charge on any atom is -0.508 e. The molecule has 1 N–H and O–H groups in total. The molecular weight excluding hydrogens is 296 g/mol. The summed E-state index contributed by atoms with van der Waals surface area (Å²) in [5.74, 6) is 3.41. The maximum atomic E-state index is 11.7. The topological polar surface area (TPSA) is 65.0 Å². The molecule has 0 aliphatic rings. The van der Waals surface area contributed by atoms with E-state index in [4.69, 9.17) is 14.2 Å². The zero-order valence-electron chi connectivity index (χ0n) is 12.8. The summed E-state index contributed by atoms with van der Waals surface area (Å²) in [6, 6.07) is 13.2. The third-order valence-corrected chi connectivity index (χ3v) is 2.80. The van der Waals surface area contributed by atoms with Gasteiger partial charge in [0.25, 0.3) is 0 Å². The average molecular weight is 312 g/mol. The van der Waals surface area contributed by atoms with Crippen LogP contribution in [0.2, 0.25) is 0 Å². The molecule has 0 amide bonds. The Labute approximate surface area is 134 Å². The summed E-state index contributed by atoms with van der Waals surface area (Å²) >= 11 is 0. The van der Waals surface area contributed by atoms with Gasteiger partial charge in [-0.15, -0.1) is 0 Å². The van der Waals surface area contributed by atoms with Gasteiger partial charge in [-0.3, -0.25) is 0 Å². The van der Waals surface area contributed by atoms with Crippen molar-refractivity contribution in [3.05, 3.63) is 48.5 Å². The summed E-state index contributed by atoms with van der Waals surface area (Å²) in [6.07, 6.45) is 1.41. The number of para-hydroxylation sites is 2. The number of carbonyl (C=O) groups is 1. The van der Waals surface area contributed by atoms with Crippen molar-refractivity contribution in [2.45, 2.75) is 20.0 Å². The smallest absolute Gasteiger partial charge is 0.360 e. The molecule has 0 unspecified atom stereocenters. The van der Waals surface area contributed by atoms with Gasteiger partial charge in [-0.2, -0.15) is 0 Å². The van der Waals surface area contributed by atoms with E-state index in [1.165, 1.54) is 12.1 Å². The highest BCUT2D eigenvalue weighted by molar-refractivity contribution is 5.75. The molecule has 0 aliphatic carbocycles. The predicted molar refractivity (Wildman–Crippen MR) is 84.3 cm³/mol. The fourth-order valence-electron chi connectivity index (χ4n) is 1.70. The maximum absolute atomic E-state index is 11.7. The average Bonchev–Trinajstić information content (AvgIpc) is 2.56. The molecule has 1 atom stereocenters. The fourth-order valence-corrected chi connectivity index (χ4v) is 1.70. The second-order valence-corrected chi connectivity index (χ2v) is 4.58. The van der Waals surface area contributed by atoms with E-state index in [-0.39, 0.29) is 5.75 Å². The lowest BCUT2D eigenvalue weighted by molar-refractivity contribution is -0.144. The van der Waals surface area contributed by atoms with Crippen LogP contribution in [0.4, 0.5) is 0 Å². The van der Waals surface area contributed by atoms with Crippen molar-refractivity contribution in [1.29, 1.82) is 0 Å². The first kappa shape index (κ1) is 16.2. The molecule has 5 nitrogen and oxygen atoms in total. The van der Waals surface area contributed by atoms with E-state index in [0.29, 0.717) is 17.2 Å². The van der Waals surface area contributed by atoms with E-state index >= 15 is 0 Å². The van der Waals surface area contributed by atoms with Gasteiger partial charge < -0.3 is 19.3 Å². The number of ether oxygens (including phenoxy) is 3. The molecule has 118 valence electrons. The lowest BCUT2D eigenvalue weighted by atomic mass is 10.3. The fraction of sp³-hybridized carbons (Fsp3) is 0.167. The number of esters is 1. The number of phenols is 1. The van der Waals surface area contributed by atoms with Crippen LogP contribution < -0.4 is 9.47 Å². The molecule has 2 rings (SSSR count). The molecule has 0 fully saturated rings. The van der Waals surface area contributed by atoms with Crippen molar-refractivity contribution >= 4 is 5.97 Å². The Morgan fingerprint density at radius 2 is 1.74 bits per heavy atom. The molecule has 0 saturated heterocycles. The normalized spacial score (nSPS) is 10.9. The third kappa shape index (κ3) is 4.68. The number of aromatic hydroxyl groups is 1. The number of phenolic OH excluding ortho intramolecular Hbond substituents is 1. The first-order valence-electron chi connectivity index (χ1n) is 6.95. The van der Waals surface area contributed by atoms with Crippen LogP contribution in [0.25, 0.3) is 0 Å². The molecule has 0 aromatic heterocycles. The second kappa shape index (κ2) is 7.76. The van der Waals surface area contributed by atoms with Crippen LogP contribution >= 0.6 is 0 Å². The van der Waals surface area contributed by atoms with Gasteiger partial charge in [-0.05, 0) is 43.3 Å². The molecule has 23 heavy (non-hydrogen) atoms. The Kier molecular flexibility index (Phi) is 5.48. The van der Waals surface area contributed by atoms with Gasteiger partial charge in [-0.1, -0.05) is 18.1 Å². The second-order valence-electron chi connectivity index (χ2n) is 4.58. The predicted octanol–water partition coefficient (Wildman–Crippen LogP) is 3.48. The van der Waals surface area contributed by atoms with Crippen LogP contribution in [0, 0.1) is 12.0 Å². The van der Waals surface area contributed by atoms with Crippen LogP contribution in [0.3, 0.4) is 0 Å². The molecule has 0 spiro atoms. The third-order valence-electron chi connectivity index (χ3n) is 2.80. The van der Waals surface area contributed by atoms with Crippen molar-refractivity contribution in [2.75, 3.05) is 0 Å². The Morgan fingerprint density at radius 1 is 1.09 bits per heavy atom. The number of hydrogen-bond acceptors (Lipinski definition) is 5. The summed E-state index contributed by atoms with van der Waals surface area (Å²) < 4.78 is 16.0. The molecule has 5 heteroatoms. The van der Waals surface area contributed by atoms with Crippen molar-refractivity contribution in [3.8, 4) is 35.0 Å². The number of hydrogen-bond donors (Lipinski definition) is 1. The molecule has 2 aromatic rings. The highest BCUT2D eigenvalue weighted by atomic mass is 16.6. The lowest BCUT2D eigenvalue weighted by Crippen LogP contribution is -2.24. The highest BCUT2D eigenvalue weighted by Crippen LogP contribution is 2.32. The molecular formula is C18H16O5. The van der Waals surface area contributed by atoms with Gasteiger partial charge in [0.15, 0.2) is 17.6 Å². The first-order valence-corrected chi connectivity index (χ1v) is 6.95. The molecule has 2 aromatic carbocycles. The zero-order chi connectivity index (χ0) is 16.7. The lowest BCUT2D eigenvalue weighted by Gasteiger charge is -2.15. The highest BCUT2D eigenvalue weighted by Gasteiger charge is 2.18. The summed E-state index contributed by atoms with van der Waals surface area (Å²) in [7, 11) is 0. The molecule has 0 aliphatic heterocycles. The van der Waals surface area contributed by atoms with Gasteiger partial charge in [0.1, 0.15) is 17.6 Å². The minimum absolute atomic E-state index is 0.148. The van der Waals surface area contributed by atoms with E-state index in [2.05, 4.69) is 12.0 Å². The molecule has 0 bridgehead atoms. The minimum atomic E-state index is -0.833. The van der Waals surface area contributed by atoms with E-state index in [1.807, 2.05) is 0 Å². The van der Waals surface area contributed by atoms with Crippen molar-refractivity contribution in [1.82, 2.24) is 0 Å². The molecule has 0 saturated carbocycles.